The van der Waals surface area contributed by atoms with Gasteiger partial charge in [0.15, 0.2) is 5.69 Å². The van der Waals surface area contributed by atoms with Gasteiger partial charge in [-0.25, -0.2) is 9.48 Å². The first kappa shape index (κ1) is 23.4. The molecule has 0 aliphatic carbocycles. The monoisotopic (exact) mass is 473 g/mol. The minimum Gasteiger partial charge on any atom is -0.461 e. The SMILES string of the molecule is CCOC(=O)c1cc(-c2ccc(C)c(C)c2)n(-c2ccc(C(=O)NCCc3cccs3)cc2)n1. The lowest BCUT2D eigenvalue weighted by atomic mass is 10.0. The third-order valence-electron chi connectivity index (χ3n) is 5.61. The van der Waals surface area contributed by atoms with Crippen LogP contribution < -0.4 is 5.32 Å². The summed E-state index contributed by atoms with van der Waals surface area (Å²) in [5.41, 5.74) is 5.62. The molecule has 6 nitrogen and oxygen atoms in total. The third kappa shape index (κ3) is 5.26. The Bertz CT molecular complexity index is 1290. The molecule has 2 heterocycles. The molecular weight excluding hydrogens is 446 g/mol. The number of rotatable bonds is 8. The number of aryl methyl sites for hydroxylation is 2. The summed E-state index contributed by atoms with van der Waals surface area (Å²) >= 11 is 1.68. The Labute approximate surface area is 203 Å². The average molecular weight is 474 g/mol. The summed E-state index contributed by atoms with van der Waals surface area (Å²) in [5, 5.41) is 9.52. The molecule has 174 valence electrons. The second-order valence-electron chi connectivity index (χ2n) is 7.98. The zero-order chi connectivity index (χ0) is 24.1. The third-order valence-corrected chi connectivity index (χ3v) is 6.54. The molecule has 4 aromatic rings. The maximum Gasteiger partial charge on any atom is 0.358 e. The van der Waals surface area contributed by atoms with Crippen molar-refractivity contribution in [3.05, 3.63) is 93.3 Å². The average Bonchev–Trinajstić information content (AvgIpc) is 3.51. The van der Waals surface area contributed by atoms with E-state index in [1.165, 1.54) is 10.4 Å². The van der Waals surface area contributed by atoms with Gasteiger partial charge in [-0.15, -0.1) is 11.3 Å². The summed E-state index contributed by atoms with van der Waals surface area (Å²) < 4.78 is 6.88. The van der Waals surface area contributed by atoms with Crippen molar-refractivity contribution < 1.29 is 14.3 Å². The van der Waals surface area contributed by atoms with Crippen LogP contribution in [0.5, 0.6) is 0 Å². The predicted molar refractivity (Wildman–Crippen MR) is 135 cm³/mol. The van der Waals surface area contributed by atoms with Crippen molar-refractivity contribution >= 4 is 23.2 Å². The Balaban J connectivity index is 1.58. The number of hydrogen-bond donors (Lipinski definition) is 1. The first-order valence-electron chi connectivity index (χ1n) is 11.2. The fourth-order valence-electron chi connectivity index (χ4n) is 3.60. The van der Waals surface area contributed by atoms with Crippen molar-refractivity contribution in [3.63, 3.8) is 0 Å². The zero-order valence-corrected chi connectivity index (χ0v) is 20.3. The number of thiophene rings is 1. The maximum atomic E-state index is 12.6. The van der Waals surface area contributed by atoms with Crippen LogP contribution in [0.3, 0.4) is 0 Å². The van der Waals surface area contributed by atoms with Crippen molar-refractivity contribution in [2.75, 3.05) is 13.2 Å². The minimum absolute atomic E-state index is 0.120. The number of carbonyl (C=O) groups is 2. The Morgan fingerprint density at radius 1 is 1.03 bits per heavy atom. The molecule has 0 aliphatic heterocycles. The molecule has 7 heteroatoms. The molecule has 34 heavy (non-hydrogen) atoms. The van der Waals surface area contributed by atoms with Crippen LogP contribution in [0.15, 0.2) is 66.0 Å². The van der Waals surface area contributed by atoms with Crippen LogP contribution in [0.25, 0.3) is 16.9 Å². The van der Waals surface area contributed by atoms with Gasteiger partial charge in [0.1, 0.15) is 0 Å². The van der Waals surface area contributed by atoms with E-state index in [2.05, 4.69) is 42.5 Å². The summed E-state index contributed by atoms with van der Waals surface area (Å²) in [5.74, 6) is -0.585. The molecule has 0 fully saturated rings. The Hall–Kier alpha value is -3.71. The molecule has 0 saturated carbocycles. The van der Waals surface area contributed by atoms with E-state index < -0.39 is 5.97 Å². The van der Waals surface area contributed by atoms with Gasteiger partial charge in [0.25, 0.3) is 5.91 Å². The first-order valence-corrected chi connectivity index (χ1v) is 12.1. The van der Waals surface area contributed by atoms with Crippen LogP contribution in [-0.2, 0) is 11.2 Å². The van der Waals surface area contributed by atoms with E-state index in [1.807, 2.05) is 29.6 Å². The topological polar surface area (TPSA) is 73.2 Å². The van der Waals surface area contributed by atoms with Crippen LogP contribution in [0.2, 0.25) is 0 Å². The van der Waals surface area contributed by atoms with Crippen LogP contribution in [0.1, 0.15) is 43.8 Å². The van der Waals surface area contributed by atoms with Gasteiger partial charge < -0.3 is 10.1 Å². The number of carbonyl (C=O) groups excluding carboxylic acids is 2. The van der Waals surface area contributed by atoms with E-state index in [1.54, 1.807) is 41.1 Å². The molecule has 0 unspecified atom stereocenters. The van der Waals surface area contributed by atoms with Crippen molar-refractivity contribution in [2.45, 2.75) is 27.2 Å². The molecule has 1 amide bonds. The van der Waals surface area contributed by atoms with E-state index in [0.717, 1.165) is 28.9 Å². The highest BCUT2D eigenvalue weighted by molar-refractivity contribution is 7.09. The van der Waals surface area contributed by atoms with Gasteiger partial charge in [-0.3, -0.25) is 4.79 Å². The van der Waals surface area contributed by atoms with Crippen LogP contribution in [0.4, 0.5) is 0 Å². The quantitative estimate of drug-likeness (QED) is 0.349. The normalized spacial score (nSPS) is 10.8. The molecular formula is C27H27N3O3S. The molecule has 0 atom stereocenters. The van der Waals surface area contributed by atoms with E-state index in [-0.39, 0.29) is 18.2 Å². The van der Waals surface area contributed by atoms with Crippen molar-refractivity contribution in [1.82, 2.24) is 15.1 Å². The highest BCUT2D eigenvalue weighted by Gasteiger charge is 2.18. The number of aromatic nitrogens is 2. The van der Waals surface area contributed by atoms with E-state index >= 15 is 0 Å². The molecule has 1 N–H and O–H groups in total. The Morgan fingerprint density at radius 3 is 2.50 bits per heavy atom. The van der Waals surface area contributed by atoms with Gasteiger partial charge in [0.2, 0.25) is 0 Å². The van der Waals surface area contributed by atoms with Gasteiger partial charge in [-0.05, 0) is 86.2 Å². The summed E-state index contributed by atoms with van der Waals surface area (Å²) in [6.07, 6.45) is 0.810. The first-order chi connectivity index (χ1) is 16.5. The smallest absolute Gasteiger partial charge is 0.358 e. The molecule has 0 radical (unpaired) electrons. The van der Waals surface area contributed by atoms with Gasteiger partial charge in [0, 0.05) is 22.5 Å². The Kier molecular flexibility index (Phi) is 7.23. The number of nitrogens with zero attached hydrogens (tertiary/aromatic N) is 2. The second-order valence-corrected chi connectivity index (χ2v) is 9.01. The molecule has 2 aromatic carbocycles. The number of ether oxygens (including phenoxy) is 1. The lowest BCUT2D eigenvalue weighted by molar-refractivity contribution is 0.0518. The highest BCUT2D eigenvalue weighted by Crippen LogP contribution is 2.26. The van der Waals surface area contributed by atoms with Gasteiger partial charge in [0.05, 0.1) is 18.0 Å². The number of esters is 1. The molecule has 0 aliphatic rings. The summed E-state index contributed by atoms with van der Waals surface area (Å²) in [7, 11) is 0. The highest BCUT2D eigenvalue weighted by atomic mass is 32.1. The molecule has 0 spiro atoms. The zero-order valence-electron chi connectivity index (χ0n) is 19.5. The van der Waals surface area contributed by atoms with Gasteiger partial charge in [-0.2, -0.15) is 5.10 Å². The fourth-order valence-corrected chi connectivity index (χ4v) is 4.31. The fraction of sp³-hybridized carbons (Fsp3) is 0.222. The van der Waals surface area contributed by atoms with Gasteiger partial charge in [-0.1, -0.05) is 18.2 Å². The number of amides is 1. The lowest BCUT2D eigenvalue weighted by Crippen LogP contribution is -2.25. The molecule has 4 rings (SSSR count). The van der Waals surface area contributed by atoms with Crippen LogP contribution in [-0.4, -0.2) is 34.8 Å². The maximum absolute atomic E-state index is 12.6. The minimum atomic E-state index is -0.465. The standard InChI is InChI=1S/C27H27N3O3S/c1-4-33-27(32)24-17-25(21-8-7-18(2)19(3)16-21)30(29-24)22-11-9-20(10-12-22)26(31)28-14-13-23-6-5-15-34-23/h5-12,15-17H,4,13-14H2,1-3H3,(H,28,31). The summed E-state index contributed by atoms with van der Waals surface area (Å²) in [4.78, 5) is 26.2. The number of nitrogens with one attached hydrogen (secondary N) is 1. The lowest BCUT2D eigenvalue weighted by Gasteiger charge is -2.10. The van der Waals surface area contributed by atoms with Crippen LogP contribution in [0, 0.1) is 13.8 Å². The molecule has 0 saturated heterocycles. The second kappa shape index (κ2) is 10.5. The number of hydrogen-bond acceptors (Lipinski definition) is 5. The van der Waals surface area contributed by atoms with E-state index in [4.69, 9.17) is 4.74 Å². The van der Waals surface area contributed by atoms with E-state index in [9.17, 15) is 9.59 Å². The Morgan fingerprint density at radius 2 is 1.82 bits per heavy atom. The molecule has 0 bridgehead atoms. The molecule has 2 aromatic heterocycles. The van der Waals surface area contributed by atoms with Crippen LogP contribution >= 0.6 is 11.3 Å². The van der Waals surface area contributed by atoms with Crippen molar-refractivity contribution in [2.24, 2.45) is 0 Å². The predicted octanol–water partition coefficient (Wildman–Crippen LogP) is 5.37. The largest absolute Gasteiger partial charge is 0.461 e. The van der Waals surface area contributed by atoms with E-state index in [0.29, 0.717) is 12.1 Å². The van der Waals surface area contributed by atoms with Crippen molar-refractivity contribution in [3.8, 4) is 16.9 Å². The van der Waals surface area contributed by atoms with Crippen molar-refractivity contribution in [1.29, 1.82) is 0 Å². The van der Waals surface area contributed by atoms with Gasteiger partial charge >= 0.3 is 5.97 Å². The summed E-state index contributed by atoms with van der Waals surface area (Å²) in [6.45, 7) is 6.74. The summed E-state index contributed by atoms with van der Waals surface area (Å²) in [6, 6.07) is 19.2. The number of benzene rings is 2.